The van der Waals surface area contributed by atoms with Crippen molar-refractivity contribution in [3.8, 4) is 6.07 Å². The number of hydrogen-bond donors (Lipinski definition) is 1. The first kappa shape index (κ1) is 11.6. The van der Waals surface area contributed by atoms with Gasteiger partial charge in [-0.3, -0.25) is 0 Å². The summed E-state index contributed by atoms with van der Waals surface area (Å²) >= 11 is 0. The van der Waals surface area contributed by atoms with Crippen molar-refractivity contribution in [1.29, 1.82) is 5.26 Å². The third kappa shape index (κ3) is 2.28. The Balaban J connectivity index is 2.16. The summed E-state index contributed by atoms with van der Waals surface area (Å²) in [5.41, 5.74) is 6.14. The van der Waals surface area contributed by atoms with Gasteiger partial charge in [-0.25, -0.2) is 4.68 Å². The number of nitrogens with two attached hydrogens (primary N) is 1. The molecule has 1 aromatic rings. The van der Waals surface area contributed by atoms with Gasteiger partial charge < -0.3 is 5.73 Å². The fourth-order valence-electron chi connectivity index (χ4n) is 2.16. The second-order valence-corrected chi connectivity index (χ2v) is 4.11. The van der Waals surface area contributed by atoms with Gasteiger partial charge in [0.2, 0.25) is 0 Å². The normalized spacial score (nSPS) is 20.1. The molecule has 17 heavy (non-hydrogen) atoms. The van der Waals surface area contributed by atoms with Crippen LogP contribution in [0.1, 0.15) is 37.4 Å². The van der Waals surface area contributed by atoms with E-state index in [1.807, 2.05) is 6.07 Å². The molecule has 0 radical (unpaired) electrons. The van der Waals surface area contributed by atoms with Crippen molar-refractivity contribution in [2.24, 2.45) is 0 Å². The van der Waals surface area contributed by atoms with Gasteiger partial charge in [-0.1, -0.05) is 0 Å². The smallest absolute Gasteiger partial charge is 0.269 e. The number of halogens is 2. The topological polar surface area (TPSA) is 67.6 Å². The highest BCUT2D eigenvalue weighted by molar-refractivity contribution is 5.36. The second kappa shape index (κ2) is 4.53. The van der Waals surface area contributed by atoms with Crippen LogP contribution in [0.2, 0.25) is 0 Å². The third-order valence-electron chi connectivity index (χ3n) is 3.04. The Morgan fingerprint density at radius 3 is 2.65 bits per heavy atom. The van der Waals surface area contributed by atoms with E-state index >= 15 is 0 Å². The Morgan fingerprint density at radius 2 is 2.12 bits per heavy atom. The van der Waals surface area contributed by atoms with Crippen molar-refractivity contribution in [2.45, 2.75) is 31.7 Å². The zero-order chi connectivity index (χ0) is 12.4. The van der Waals surface area contributed by atoms with Gasteiger partial charge in [0.1, 0.15) is 17.6 Å². The first-order valence-corrected chi connectivity index (χ1v) is 5.40. The summed E-state index contributed by atoms with van der Waals surface area (Å²) in [6, 6.07) is 3.50. The molecular weight excluding hydrogens is 226 g/mol. The van der Waals surface area contributed by atoms with Gasteiger partial charge in [0.25, 0.3) is 6.08 Å². The standard InChI is InChI=1S/C11H12F2N4/c12-11(13)7-1-3-8(4-2-7)17-9(6-14)5-10(15)16-17/h5,8H,1-4H2,(H2,15,16). The molecule has 0 unspecified atom stereocenters. The minimum atomic E-state index is -1.57. The maximum atomic E-state index is 12.4. The SMILES string of the molecule is N#Cc1cc(N)nn1C1CCC(=C(F)F)CC1. The van der Waals surface area contributed by atoms with Crippen LogP contribution >= 0.6 is 0 Å². The molecule has 2 rings (SSSR count). The molecule has 1 aromatic heterocycles. The van der Waals surface area contributed by atoms with E-state index in [4.69, 9.17) is 11.0 Å². The first-order chi connectivity index (χ1) is 8.11. The Hall–Kier alpha value is -1.90. The Kier molecular flexibility index (Phi) is 3.09. The predicted molar refractivity (Wildman–Crippen MR) is 58.1 cm³/mol. The summed E-state index contributed by atoms with van der Waals surface area (Å²) in [7, 11) is 0. The quantitative estimate of drug-likeness (QED) is 0.817. The Bertz CT molecular complexity index is 484. The van der Waals surface area contributed by atoms with Crippen LogP contribution in [-0.2, 0) is 0 Å². The van der Waals surface area contributed by atoms with Crippen molar-refractivity contribution < 1.29 is 8.78 Å². The summed E-state index contributed by atoms with van der Waals surface area (Å²) < 4.78 is 26.3. The van der Waals surface area contributed by atoms with E-state index in [0.29, 0.717) is 37.2 Å². The molecule has 1 aliphatic rings. The molecule has 2 N–H and O–H groups in total. The molecule has 0 amide bonds. The number of aromatic nitrogens is 2. The van der Waals surface area contributed by atoms with Gasteiger partial charge in [-0.15, -0.1) is 0 Å². The summed E-state index contributed by atoms with van der Waals surface area (Å²) in [5.74, 6) is 0.291. The van der Waals surface area contributed by atoms with Crippen LogP contribution in [0.4, 0.5) is 14.6 Å². The fourth-order valence-corrected chi connectivity index (χ4v) is 2.16. The molecule has 0 aliphatic heterocycles. The van der Waals surface area contributed by atoms with Crippen molar-refractivity contribution >= 4 is 5.82 Å². The molecule has 4 nitrogen and oxygen atoms in total. The van der Waals surface area contributed by atoms with Crippen molar-refractivity contribution in [1.82, 2.24) is 9.78 Å². The number of allylic oxidation sites excluding steroid dienone is 1. The lowest BCUT2D eigenvalue weighted by Gasteiger charge is -2.24. The third-order valence-corrected chi connectivity index (χ3v) is 3.04. The van der Waals surface area contributed by atoms with Crippen LogP contribution < -0.4 is 5.73 Å². The average Bonchev–Trinajstić information content (AvgIpc) is 2.70. The van der Waals surface area contributed by atoms with Crippen LogP contribution in [-0.4, -0.2) is 9.78 Å². The number of anilines is 1. The zero-order valence-corrected chi connectivity index (χ0v) is 9.16. The number of nitrogen functional groups attached to an aromatic ring is 1. The van der Waals surface area contributed by atoms with E-state index in [1.165, 1.54) is 6.07 Å². The lowest BCUT2D eigenvalue weighted by molar-refractivity contribution is 0.338. The molecule has 90 valence electrons. The second-order valence-electron chi connectivity index (χ2n) is 4.11. The molecule has 1 fully saturated rings. The molecule has 1 aliphatic carbocycles. The highest BCUT2D eigenvalue weighted by atomic mass is 19.3. The lowest BCUT2D eigenvalue weighted by Crippen LogP contribution is -2.17. The lowest BCUT2D eigenvalue weighted by atomic mass is 9.91. The summed E-state index contributed by atoms with van der Waals surface area (Å²) in [5, 5.41) is 13.0. The van der Waals surface area contributed by atoms with E-state index in [0.717, 1.165) is 0 Å². The minimum absolute atomic E-state index is 0.00921. The molecule has 0 bridgehead atoms. The minimum Gasteiger partial charge on any atom is -0.382 e. The van der Waals surface area contributed by atoms with Gasteiger partial charge in [-0.2, -0.15) is 19.1 Å². The van der Waals surface area contributed by atoms with Crippen LogP contribution in [0.5, 0.6) is 0 Å². The molecule has 1 heterocycles. The van der Waals surface area contributed by atoms with E-state index in [2.05, 4.69) is 5.10 Å². The summed E-state index contributed by atoms with van der Waals surface area (Å²) in [4.78, 5) is 0. The molecule has 0 atom stereocenters. The molecule has 0 aromatic carbocycles. The number of nitriles is 1. The predicted octanol–water partition coefficient (Wildman–Crippen LogP) is 2.60. The van der Waals surface area contributed by atoms with Gasteiger partial charge in [0, 0.05) is 6.07 Å². The van der Waals surface area contributed by atoms with E-state index in [1.54, 1.807) is 4.68 Å². The van der Waals surface area contributed by atoms with E-state index < -0.39 is 6.08 Å². The molecular formula is C11H12F2N4. The number of nitrogens with zero attached hydrogens (tertiary/aromatic N) is 3. The highest BCUT2D eigenvalue weighted by Crippen LogP contribution is 2.34. The monoisotopic (exact) mass is 238 g/mol. The van der Waals surface area contributed by atoms with Gasteiger partial charge in [0.05, 0.1) is 6.04 Å². The van der Waals surface area contributed by atoms with Crippen LogP contribution in [0.3, 0.4) is 0 Å². The number of rotatable bonds is 1. The van der Waals surface area contributed by atoms with Crippen LogP contribution in [0, 0.1) is 11.3 Å². The van der Waals surface area contributed by atoms with Crippen molar-refractivity contribution in [2.75, 3.05) is 5.73 Å². The molecule has 6 heteroatoms. The zero-order valence-electron chi connectivity index (χ0n) is 9.16. The highest BCUT2D eigenvalue weighted by Gasteiger charge is 2.23. The van der Waals surface area contributed by atoms with Gasteiger partial charge in [0.15, 0.2) is 0 Å². The molecule has 1 saturated carbocycles. The van der Waals surface area contributed by atoms with Crippen LogP contribution in [0.25, 0.3) is 0 Å². The molecule has 0 saturated heterocycles. The summed E-state index contributed by atoms with van der Waals surface area (Å²) in [6.45, 7) is 0. The van der Waals surface area contributed by atoms with E-state index in [-0.39, 0.29) is 11.6 Å². The largest absolute Gasteiger partial charge is 0.382 e. The number of hydrogen-bond acceptors (Lipinski definition) is 3. The van der Waals surface area contributed by atoms with Gasteiger partial charge >= 0.3 is 0 Å². The fraction of sp³-hybridized carbons (Fsp3) is 0.455. The van der Waals surface area contributed by atoms with Crippen molar-refractivity contribution in [3.63, 3.8) is 0 Å². The summed E-state index contributed by atoms with van der Waals surface area (Å²) in [6.07, 6.45) is 0.296. The Labute approximate surface area is 97.3 Å². The molecule has 0 spiro atoms. The average molecular weight is 238 g/mol. The maximum Gasteiger partial charge on any atom is 0.269 e. The van der Waals surface area contributed by atoms with Crippen molar-refractivity contribution in [3.05, 3.63) is 23.4 Å². The van der Waals surface area contributed by atoms with E-state index in [9.17, 15) is 8.78 Å². The van der Waals surface area contributed by atoms with Crippen LogP contribution in [0.15, 0.2) is 17.7 Å². The Morgan fingerprint density at radius 1 is 1.47 bits per heavy atom. The first-order valence-electron chi connectivity index (χ1n) is 5.40. The van der Waals surface area contributed by atoms with Gasteiger partial charge in [-0.05, 0) is 31.3 Å². The maximum absolute atomic E-state index is 12.4.